The number of amides is 2. The van der Waals surface area contributed by atoms with Crippen LogP contribution in [0.2, 0.25) is 5.02 Å². The van der Waals surface area contributed by atoms with Crippen LogP contribution in [0.25, 0.3) is 11.3 Å². The van der Waals surface area contributed by atoms with Crippen molar-refractivity contribution in [1.82, 2.24) is 10.2 Å². The van der Waals surface area contributed by atoms with Gasteiger partial charge in [-0.2, -0.15) is 5.10 Å². The van der Waals surface area contributed by atoms with Crippen LogP contribution in [0.1, 0.15) is 5.69 Å². The van der Waals surface area contributed by atoms with Crippen LogP contribution >= 0.6 is 11.6 Å². The Labute approximate surface area is 173 Å². The first-order valence-corrected chi connectivity index (χ1v) is 9.03. The molecular weight excluding hydrogens is 396 g/mol. The lowest BCUT2D eigenvalue weighted by Crippen LogP contribution is -2.20. The van der Waals surface area contributed by atoms with Gasteiger partial charge in [0.2, 0.25) is 5.75 Å². The van der Waals surface area contributed by atoms with Gasteiger partial charge < -0.3 is 24.8 Å². The predicted molar refractivity (Wildman–Crippen MR) is 113 cm³/mol. The number of aryl methyl sites for hydroxylation is 1. The van der Waals surface area contributed by atoms with Crippen LogP contribution in [0.4, 0.5) is 16.2 Å². The number of halogens is 1. The van der Waals surface area contributed by atoms with Crippen LogP contribution in [0, 0.1) is 6.92 Å². The summed E-state index contributed by atoms with van der Waals surface area (Å²) in [5.41, 5.74) is 3.06. The summed E-state index contributed by atoms with van der Waals surface area (Å²) in [6, 6.07) is 9.93. The van der Waals surface area contributed by atoms with E-state index in [1.54, 1.807) is 36.4 Å². The number of hydrogen-bond donors (Lipinski definition) is 3. The van der Waals surface area contributed by atoms with Crippen molar-refractivity contribution < 1.29 is 19.0 Å². The fourth-order valence-electron chi connectivity index (χ4n) is 2.82. The molecule has 29 heavy (non-hydrogen) atoms. The van der Waals surface area contributed by atoms with Gasteiger partial charge in [0.05, 0.1) is 32.7 Å². The minimum atomic E-state index is -0.412. The van der Waals surface area contributed by atoms with Crippen LogP contribution < -0.4 is 24.8 Å². The normalized spacial score (nSPS) is 10.4. The molecule has 3 N–H and O–H groups in total. The molecule has 8 nitrogen and oxygen atoms in total. The van der Waals surface area contributed by atoms with E-state index < -0.39 is 6.03 Å². The number of aromatic amines is 1. The Bertz CT molecular complexity index is 993. The molecule has 0 fully saturated rings. The number of methoxy groups -OCH3 is 3. The zero-order valence-electron chi connectivity index (χ0n) is 16.4. The van der Waals surface area contributed by atoms with E-state index in [0.717, 1.165) is 0 Å². The highest BCUT2D eigenvalue weighted by molar-refractivity contribution is 6.30. The van der Waals surface area contributed by atoms with Crippen molar-refractivity contribution in [2.45, 2.75) is 6.92 Å². The van der Waals surface area contributed by atoms with Crippen molar-refractivity contribution in [2.75, 3.05) is 32.0 Å². The smallest absolute Gasteiger partial charge is 0.323 e. The molecule has 2 amide bonds. The standard InChI is InChI=1S/C20H21ClN4O4/c1-11-17(23-20(26)22-14-7-5-13(21)6-8-14)18(25-24-11)12-9-15(27-2)19(29-4)16(10-12)28-3/h5-10H,1-4H3,(H,24,25)(H2,22,23,26). The monoisotopic (exact) mass is 416 g/mol. The van der Waals surface area contributed by atoms with E-state index in [1.807, 2.05) is 6.92 Å². The van der Waals surface area contributed by atoms with E-state index in [-0.39, 0.29) is 0 Å². The number of urea groups is 1. The summed E-state index contributed by atoms with van der Waals surface area (Å²) < 4.78 is 16.2. The van der Waals surface area contributed by atoms with E-state index in [1.165, 1.54) is 21.3 Å². The summed E-state index contributed by atoms with van der Waals surface area (Å²) in [6.45, 7) is 1.81. The summed E-state index contributed by atoms with van der Waals surface area (Å²) in [4.78, 5) is 12.5. The number of nitrogens with zero attached hydrogens (tertiary/aromatic N) is 1. The molecule has 1 heterocycles. The number of carbonyl (C=O) groups excluding carboxylic acids is 1. The van der Waals surface area contributed by atoms with Crippen LogP contribution in [0.15, 0.2) is 36.4 Å². The van der Waals surface area contributed by atoms with Gasteiger partial charge in [-0.15, -0.1) is 0 Å². The van der Waals surface area contributed by atoms with Crippen molar-refractivity contribution in [3.05, 3.63) is 47.1 Å². The highest BCUT2D eigenvalue weighted by atomic mass is 35.5. The molecule has 0 radical (unpaired) electrons. The number of rotatable bonds is 6. The first-order chi connectivity index (χ1) is 14.0. The van der Waals surface area contributed by atoms with Gasteiger partial charge >= 0.3 is 6.03 Å². The minimum absolute atomic E-state index is 0.412. The Morgan fingerprint density at radius 1 is 1.00 bits per heavy atom. The topological polar surface area (TPSA) is 97.5 Å². The van der Waals surface area contributed by atoms with Crippen molar-refractivity contribution in [1.29, 1.82) is 0 Å². The lowest BCUT2D eigenvalue weighted by molar-refractivity contribution is 0.262. The Morgan fingerprint density at radius 2 is 1.62 bits per heavy atom. The molecule has 0 saturated heterocycles. The first-order valence-electron chi connectivity index (χ1n) is 8.65. The predicted octanol–water partition coefficient (Wildman–Crippen LogP) is 4.71. The number of ether oxygens (including phenoxy) is 3. The summed E-state index contributed by atoms with van der Waals surface area (Å²) in [7, 11) is 4.61. The number of H-pyrrole nitrogens is 1. The third-order valence-electron chi connectivity index (χ3n) is 4.23. The Morgan fingerprint density at radius 3 is 2.17 bits per heavy atom. The van der Waals surface area contributed by atoms with Gasteiger partial charge in [-0.3, -0.25) is 5.10 Å². The quantitative estimate of drug-likeness (QED) is 0.540. The van der Waals surface area contributed by atoms with Crippen LogP contribution in [0.3, 0.4) is 0 Å². The lowest BCUT2D eigenvalue weighted by Gasteiger charge is -2.14. The summed E-state index contributed by atoms with van der Waals surface area (Å²) in [6.07, 6.45) is 0. The van der Waals surface area contributed by atoms with E-state index in [0.29, 0.717) is 50.6 Å². The largest absolute Gasteiger partial charge is 0.493 e. The summed E-state index contributed by atoms with van der Waals surface area (Å²) >= 11 is 5.87. The molecular formula is C20H21ClN4O4. The van der Waals surface area contributed by atoms with E-state index >= 15 is 0 Å². The molecule has 3 aromatic rings. The second-order valence-corrected chi connectivity index (χ2v) is 6.51. The third kappa shape index (κ3) is 4.38. The zero-order chi connectivity index (χ0) is 21.0. The maximum Gasteiger partial charge on any atom is 0.323 e. The molecule has 0 aliphatic rings. The molecule has 3 rings (SSSR count). The third-order valence-corrected chi connectivity index (χ3v) is 4.48. The molecule has 2 aromatic carbocycles. The second-order valence-electron chi connectivity index (χ2n) is 6.07. The molecule has 152 valence electrons. The van der Waals surface area contributed by atoms with Gasteiger partial charge in [0.15, 0.2) is 11.5 Å². The van der Waals surface area contributed by atoms with Gasteiger partial charge in [-0.1, -0.05) is 11.6 Å². The van der Waals surface area contributed by atoms with E-state index in [9.17, 15) is 4.79 Å². The van der Waals surface area contributed by atoms with Crippen molar-refractivity contribution >= 4 is 29.0 Å². The fourth-order valence-corrected chi connectivity index (χ4v) is 2.94. The zero-order valence-corrected chi connectivity index (χ0v) is 17.2. The maximum atomic E-state index is 12.5. The molecule has 0 aliphatic heterocycles. The molecule has 0 spiro atoms. The van der Waals surface area contributed by atoms with Crippen LogP contribution in [0.5, 0.6) is 17.2 Å². The van der Waals surface area contributed by atoms with E-state index in [2.05, 4.69) is 20.8 Å². The lowest BCUT2D eigenvalue weighted by atomic mass is 10.1. The van der Waals surface area contributed by atoms with Crippen molar-refractivity contribution in [2.24, 2.45) is 0 Å². The van der Waals surface area contributed by atoms with Crippen molar-refractivity contribution in [3.8, 4) is 28.5 Å². The molecule has 0 atom stereocenters. The molecule has 1 aromatic heterocycles. The fraction of sp³-hybridized carbons (Fsp3) is 0.200. The average molecular weight is 417 g/mol. The van der Waals surface area contributed by atoms with E-state index in [4.69, 9.17) is 25.8 Å². The highest BCUT2D eigenvalue weighted by Gasteiger charge is 2.20. The van der Waals surface area contributed by atoms with Gasteiger partial charge in [0.1, 0.15) is 5.69 Å². The number of nitrogens with one attached hydrogen (secondary N) is 3. The number of hydrogen-bond acceptors (Lipinski definition) is 5. The number of anilines is 2. The highest BCUT2D eigenvalue weighted by Crippen LogP contribution is 2.42. The molecule has 0 bridgehead atoms. The number of benzene rings is 2. The average Bonchev–Trinajstić information content (AvgIpc) is 3.08. The SMILES string of the molecule is COc1cc(-c2n[nH]c(C)c2NC(=O)Nc2ccc(Cl)cc2)cc(OC)c1OC. The number of carbonyl (C=O) groups is 1. The minimum Gasteiger partial charge on any atom is -0.493 e. The summed E-state index contributed by atoms with van der Waals surface area (Å²) in [5, 5.41) is 13.4. The first kappa shape index (κ1) is 20.3. The van der Waals surface area contributed by atoms with Gasteiger partial charge in [0, 0.05) is 16.3 Å². The van der Waals surface area contributed by atoms with Crippen LogP contribution in [-0.2, 0) is 0 Å². The van der Waals surface area contributed by atoms with Crippen LogP contribution in [-0.4, -0.2) is 37.6 Å². The Kier molecular flexibility index (Phi) is 6.13. The molecule has 0 unspecified atom stereocenters. The molecule has 9 heteroatoms. The second kappa shape index (κ2) is 8.74. The van der Waals surface area contributed by atoms with Gasteiger partial charge in [-0.05, 0) is 43.3 Å². The Hall–Kier alpha value is -3.39. The maximum absolute atomic E-state index is 12.5. The Balaban J connectivity index is 1.91. The molecule has 0 saturated carbocycles. The molecule has 0 aliphatic carbocycles. The number of aromatic nitrogens is 2. The van der Waals surface area contributed by atoms with Crippen molar-refractivity contribution in [3.63, 3.8) is 0 Å². The van der Waals surface area contributed by atoms with Gasteiger partial charge in [-0.25, -0.2) is 4.79 Å². The van der Waals surface area contributed by atoms with Gasteiger partial charge in [0.25, 0.3) is 0 Å². The summed E-state index contributed by atoms with van der Waals surface area (Å²) in [5.74, 6) is 1.44.